The van der Waals surface area contributed by atoms with Gasteiger partial charge in [-0.05, 0) is 60.7 Å². The van der Waals surface area contributed by atoms with E-state index in [1.54, 1.807) is 25.1 Å². The molecule has 0 atom stereocenters. The first-order valence-corrected chi connectivity index (χ1v) is 10.1. The normalized spacial score (nSPS) is 11.4. The number of rotatable bonds is 5. The zero-order valence-electron chi connectivity index (χ0n) is 18.7. The Balaban J connectivity index is 1.70. The highest BCUT2D eigenvalue weighted by molar-refractivity contribution is 6.02. The summed E-state index contributed by atoms with van der Waals surface area (Å²) in [6.07, 6.45) is -4.56. The van der Waals surface area contributed by atoms with Crippen molar-refractivity contribution in [2.24, 2.45) is 0 Å². The average Bonchev–Trinajstić information content (AvgIpc) is 3.24. The number of nitrogens with zero attached hydrogens (tertiary/aromatic N) is 6. The second-order valence-electron chi connectivity index (χ2n) is 7.44. The van der Waals surface area contributed by atoms with Crippen LogP contribution in [-0.2, 0) is 6.18 Å². The largest absolute Gasteiger partial charge is 0.494 e. The number of hydrogen-bond donors (Lipinski definition) is 1. The minimum Gasteiger partial charge on any atom is -0.494 e. The van der Waals surface area contributed by atoms with E-state index in [0.717, 1.165) is 22.9 Å². The molecule has 0 saturated heterocycles. The van der Waals surface area contributed by atoms with Crippen LogP contribution in [0.15, 0.2) is 53.3 Å². The lowest BCUT2D eigenvalue weighted by molar-refractivity contribution is -0.137. The number of aryl methyl sites for hydroxylation is 2. The third-order valence-electron chi connectivity index (χ3n) is 5.03. The summed E-state index contributed by atoms with van der Waals surface area (Å²) in [5, 5.41) is 17.9. The van der Waals surface area contributed by atoms with Crippen LogP contribution >= 0.6 is 0 Å². The number of carbonyl (C=O) groups excluding carboxylic acids is 1. The van der Waals surface area contributed by atoms with Gasteiger partial charge in [0.15, 0.2) is 11.5 Å². The predicted molar refractivity (Wildman–Crippen MR) is 118 cm³/mol. The predicted octanol–water partition coefficient (Wildman–Crippen LogP) is 3.10. The summed E-state index contributed by atoms with van der Waals surface area (Å²) >= 11 is 0. The van der Waals surface area contributed by atoms with Gasteiger partial charge in [-0.15, -0.1) is 5.10 Å². The van der Waals surface area contributed by atoms with Gasteiger partial charge in [0.05, 0.1) is 18.4 Å². The summed E-state index contributed by atoms with van der Waals surface area (Å²) in [7, 11) is 1.46. The molecule has 10 nitrogen and oxygen atoms in total. The van der Waals surface area contributed by atoms with Crippen LogP contribution in [-0.4, -0.2) is 43.0 Å². The fourth-order valence-electron chi connectivity index (χ4n) is 3.36. The highest BCUT2D eigenvalue weighted by Crippen LogP contribution is 2.30. The zero-order chi connectivity index (χ0) is 25.3. The molecule has 0 unspecified atom stereocenters. The smallest absolute Gasteiger partial charge is 0.416 e. The molecule has 180 valence electrons. The SMILES string of the molecule is COc1ccc(NC(=O)c2nn(-c3cccc(C(F)(F)F)c3)c(C)cc2=O)cc1-n1nnnc1C. The summed E-state index contributed by atoms with van der Waals surface area (Å²) in [5.74, 6) is 0.0509. The van der Waals surface area contributed by atoms with E-state index in [1.165, 1.54) is 30.8 Å². The van der Waals surface area contributed by atoms with Crippen molar-refractivity contribution in [3.8, 4) is 17.1 Å². The van der Waals surface area contributed by atoms with Crippen LogP contribution in [0.2, 0.25) is 0 Å². The molecule has 2 aromatic carbocycles. The van der Waals surface area contributed by atoms with Crippen molar-refractivity contribution in [1.82, 2.24) is 30.0 Å². The van der Waals surface area contributed by atoms with Crippen molar-refractivity contribution in [3.05, 3.63) is 81.5 Å². The number of ether oxygens (including phenoxy) is 1. The van der Waals surface area contributed by atoms with Crippen molar-refractivity contribution in [3.63, 3.8) is 0 Å². The number of aromatic nitrogens is 6. The molecule has 0 aliphatic rings. The molecule has 4 aromatic rings. The monoisotopic (exact) mass is 485 g/mol. The number of halogens is 3. The van der Waals surface area contributed by atoms with Gasteiger partial charge in [-0.25, -0.2) is 4.68 Å². The lowest BCUT2D eigenvalue weighted by Crippen LogP contribution is -2.27. The fourth-order valence-corrected chi connectivity index (χ4v) is 3.36. The molecule has 1 N–H and O–H groups in total. The molecule has 0 aliphatic carbocycles. The quantitative estimate of drug-likeness (QED) is 0.462. The van der Waals surface area contributed by atoms with Crippen molar-refractivity contribution >= 4 is 11.6 Å². The van der Waals surface area contributed by atoms with Crippen LogP contribution < -0.4 is 15.5 Å². The number of nitrogens with one attached hydrogen (secondary N) is 1. The Morgan fingerprint density at radius 2 is 1.83 bits per heavy atom. The van der Waals surface area contributed by atoms with E-state index >= 15 is 0 Å². The van der Waals surface area contributed by atoms with E-state index in [2.05, 4.69) is 25.9 Å². The van der Waals surface area contributed by atoms with Gasteiger partial charge < -0.3 is 10.1 Å². The third kappa shape index (κ3) is 4.74. The van der Waals surface area contributed by atoms with Gasteiger partial charge in [0.25, 0.3) is 5.91 Å². The molecular weight excluding hydrogens is 467 g/mol. The first-order valence-electron chi connectivity index (χ1n) is 10.1. The number of tetrazole rings is 1. The molecule has 0 saturated carbocycles. The number of methoxy groups -OCH3 is 1. The second-order valence-corrected chi connectivity index (χ2v) is 7.44. The number of hydrogen-bond acceptors (Lipinski definition) is 7. The van der Waals surface area contributed by atoms with Crippen LogP contribution in [0.25, 0.3) is 11.4 Å². The number of anilines is 1. The molecule has 13 heteroatoms. The van der Waals surface area contributed by atoms with E-state index in [1.807, 2.05) is 0 Å². The lowest BCUT2D eigenvalue weighted by Gasteiger charge is -2.14. The summed E-state index contributed by atoms with van der Waals surface area (Å²) < 4.78 is 47.3. The molecule has 0 fully saturated rings. The van der Waals surface area contributed by atoms with Crippen LogP contribution in [0, 0.1) is 13.8 Å². The van der Waals surface area contributed by atoms with E-state index < -0.39 is 28.8 Å². The molecule has 0 aliphatic heterocycles. The van der Waals surface area contributed by atoms with Gasteiger partial charge >= 0.3 is 6.18 Å². The van der Waals surface area contributed by atoms with E-state index in [-0.39, 0.29) is 17.1 Å². The molecular formula is C22H18F3N7O3. The van der Waals surface area contributed by atoms with Crippen LogP contribution in [0.3, 0.4) is 0 Å². The van der Waals surface area contributed by atoms with Crippen molar-refractivity contribution in [1.29, 1.82) is 0 Å². The number of benzene rings is 2. The Morgan fingerprint density at radius 1 is 1.06 bits per heavy atom. The molecule has 35 heavy (non-hydrogen) atoms. The van der Waals surface area contributed by atoms with Gasteiger partial charge in [-0.3, -0.25) is 9.59 Å². The Labute approximate surface area is 196 Å². The molecule has 2 heterocycles. The molecule has 0 radical (unpaired) electrons. The number of alkyl halides is 3. The molecule has 4 rings (SSSR count). The van der Waals surface area contributed by atoms with Gasteiger partial charge in [0.1, 0.15) is 11.4 Å². The summed E-state index contributed by atoms with van der Waals surface area (Å²) in [6, 6.07) is 10.2. The highest BCUT2D eigenvalue weighted by atomic mass is 19.4. The summed E-state index contributed by atoms with van der Waals surface area (Å²) in [5.41, 5.74) is -1.04. The standard InChI is InChI=1S/C22H18F3N7O3/c1-12-9-18(33)20(28-31(12)16-6-4-5-14(10-16)22(23,24)25)21(34)26-15-7-8-19(35-3)17(11-15)32-13(2)27-29-30-32/h4-11H,1-3H3,(H,26,34). The van der Waals surface area contributed by atoms with Crippen molar-refractivity contribution in [2.75, 3.05) is 12.4 Å². The van der Waals surface area contributed by atoms with Crippen LogP contribution in [0.5, 0.6) is 5.75 Å². The van der Waals surface area contributed by atoms with Crippen molar-refractivity contribution < 1.29 is 22.7 Å². The Bertz CT molecular complexity index is 1480. The zero-order valence-corrected chi connectivity index (χ0v) is 18.7. The average molecular weight is 485 g/mol. The first kappa shape index (κ1) is 23.6. The van der Waals surface area contributed by atoms with E-state index in [9.17, 15) is 22.8 Å². The topological polar surface area (TPSA) is 117 Å². The molecule has 2 aromatic heterocycles. The van der Waals surface area contributed by atoms with E-state index in [4.69, 9.17) is 4.74 Å². The summed E-state index contributed by atoms with van der Waals surface area (Å²) in [4.78, 5) is 25.4. The third-order valence-corrected chi connectivity index (χ3v) is 5.03. The Morgan fingerprint density at radius 3 is 2.49 bits per heavy atom. The van der Waals surface area contributed by atoms with Crippen molar-refractivity contribution in [2.45, 2.75) is 20.0 Å². The molecule has 0 spiro atoms. The highest BCUT2D eigenvalue weighted by Gasteiger charge is 2.30. The van der Waals surface area contributed by atoms with E-state index in [0.29, 0.717) is 17.3 Å². The number of carbonyl (C=O) groups is 1. The van der Waals surface area contributed by atoms with Crippen LogP contribution in [0.1, 0.15) is 27.6 Å². The van der Waals surface area contributed by atoms with Gasteiger partial charge in [0, 0.05) is 17.4 Å². The maximum Gasteiger partial charge on any atom is 0.416 e. The minimum absolute atomic E-state index is 0.0484. The lowest BCUT2D eigenvalue weighted by atomic mass is 10.2. The van der Waals surface area contributed by atoms with Gasteiger partial charge in [-0.2, -0.15) is 23.0 Å². The fraction of sp³-hybridized carbons (Fsp3) is 0.182. The first-order chi connectivity index (χ1) is 16.6. The van der Waals surface area contributed by atoms with Gasteiger partial charge in [-0.1, -0.05) is 6.07 Å². The number of amides is 1. The molecule has 0 bridgehead atoms. The molecule has 1 amide bonds. The van der Waals surface area contributed by atoms with Crippen LogP contribution in [0.4, 0.5) is 18.9 Å². The van der Waals surface area contributed by atoms with Gasteiger partial charge in [0.2, 0.25) is 5.43 Å². The Hall–Kier alpha value is -4.55. The summed E-state index contributed by atoms with van der Waals surface area (Å²) in [6.45, 7) is 3.18. The maximum absolute atomic E-state index is 13.1. The minimum atomic E-state index is -4.56. The maximum atomic E-state index is 13.1. The second kappa shape index (κ2) is 9.00. The Kier molecular flexibility index (Phi) is 6.07.